The summed E-state index contributed by atoms with van der Waals surface area (Å²) in [5.41, 5.74) is 2.76. The van der Waals surface area contributed by atoms with E-state index in [4.69, 9.17) is 4.74 Å². The number of pyridine rings is 1. The molecule has 1 heterocycles. The number of aromatic nitrogens is 1. The minimum absolute atomic E-state index is 0.0672. The van der Waals surface area contributed by atoms with Crippen molar-refractivity contribution in [3.05, 3.63) is 84.1 Å². The van der Waals surface area contributed by atoms with Gasteiger partial charge < -0.3 is 15.4 Å². The largest absolute Gasteiger partial charge is 0.465 e. The van der Waals surface area contributed by atoms with E-state index in [2.05, 4.69) is 15.6 Å². The number of aryl methyl sites for hydroxylation is 1. The van der Waals surface area contributed by atoms with Crippen molar-refractivity contribution in [3.8, 4) is 0 Å². The van der Waals surface area contributed by atoms with Gasteiger partial charge in [-0.3, -0.25) is 4.79 Å². The number of hydrogen-bond acceptors (Lipinski definition) is 5. The molecule has 0 bridgehead atoms. The van der Waals surface area contributed by atoms with Crippen LogP contribution in [0.2, 0.25) is 0 Å². The Morgan fingerprint density at radius 2 is 1.71 bits per heavy atom. The van der Waals surface area contributed by atoms with Crippen LogP contribution in [-0.2, 0) is 16.0 Å². The average Bonchev–Trinajstić information content (AvgIpc) is 2.74. The molecule has 2 N–H and O–H groups in total. The minimum atomic E-state index is -0.426. The topological polar surface area (TPSA) is 80.3 Å². The van der Waals surface area contributed by atoms with Gasteiger partial charge in [0.1, 0.15) is 5.82 Å². The van der Waals surface area contributed by atoms with Crippen LogP contribution in [0.25, 0.3) is 0 Å². The number of nitrogens with zero attached hydrogens (tertiary/aromatic N) is 1. The molecular weight excluding hydrogens is 354 g/mol. The summed E-state index contributed by atoms with van der Waals surface area (Å²) in [6, 6.07) is 20.4. The molecule has 0 fully saturated rings. The molecule has 0 atom stereocenters. The maximum atomic E-state index is 12.1. The second-order valence-corrected chi connectivity index (χ2v) is 6.13. The molecular formula is C22H21N3O3. The highest BCUT2D eigenvalue weighted by Gasteiger charge is 2.11. The highest BCUT2D eigenvalue weighted by Crippen LogP contribution is 2.21. The Morgan fingerprint density at radius 3 is 2.43 bits per heavy atom. The van der Waals surface area contributed by atoms with Gasteiger partial charge in [-0.05, 0) is 36.2 Å². The Kier molecular flexibility index (Phi) is 6.36. The predicted octanol–water partition coefficient (Wildman–Crippen LogP) is 4.18. The fraction of sp³-hybridized carbons (Fsp3) is 0.136. The van der Waals surface area contributed by atoms with Gasteiger partial charge in [0.2, 0.25) is 5.91 Å². The lowest BCUT2D eigenvalue weighted by Gasteiger charge is -2.11. The molecule has 6 nitrogen and oxygen atoms in total. The number of esters is 1. The van der Waals surface area contributed by atoms with Gasteiger partial charge in [0, 0.05) is 6.42 Å². The second-order valence-electron chi connectivity index (χ2n) is 6.13. The fourth-order valence-corrected chi connectivity index (χ4v) is 2.69. The van der Waals surface area contributed by atoms with Crippen molar-refractivity contribution >= 4 is 29.1 Å². The van der Waals surface area contributed by atoms with E-state index >= 15 is 0 Å². The molecule has 3 rings (SSSR count). The van der Waals surface area contributed by atoms with Crippen LogP contribution in [0.5, 0.6) is 0 Å². The lowest BCUT2D eigenvalue weighted by molar-refractivity contribution is -0.116. The number of ether oxygens (including phenoxy) is 1. The van der Waals surface area contributed by atoms with Gasteiger partial charge in [-0.25, -0.2) is 9.78 Å². The van der Waals surface area contributed by atoms with Crippen LogP contribution in [0.4, 0.5) is 17.2 Å². The molecule has 1 aromatic heterocycles. The summed E-state index contributed by atoms with van der Waals surface area (Å²) < 4.78 is 4.79. The van der Waals surface area contributed by atoms with Crippen LogP contribution >= 0.6 is 0 Å². The number of anilines is 3. The highest BCUT2D eigenvalue weighted by atomic mass is 16.5. The normalized spacial score (nSPS) is 10.2. The number of benzene rings is 2. The van der Waals surface area contributed by atoms with E-state index in [1.165, 1.54) is 7.11 Å². The first-order valence-corrected chi connectivity index (χ1v) is 8.90. The Bertz CT molecular complexity index is 941. The van der Waals surface area contributed by atoms with Crippen LogP contribution in [0.3, 0.4) is 0 Å². The van der Waals surface area contributed by atoms with Gasteiger partial charge in [0.25, 0.3) is 0 Å². The Labute approximate surface area is 163 Å². The van der Waals surface area contributed by atoms with Crippen LogP contribution in [-0.4, -0.2) is 24.0 Å². The second kappa shape index (κ2) is 9.32. The van der Waals surface area contributed by atoms with E-state index < -0.39 is 5.97 Å². The molecule has 0 spiro atoms. The van der Waals surface area contributed by atoms with Crippen molar-refractivity contribution in [1.29, 1.82) is 0 Å². The number of nitrogens with one attached hydrogen (secondary N) is 2. The number of amides is 1. The number of hydrogen-bond donors (Lipinski definition) is 2. The Balaban J connectivity index is 1.58. The number of carbonyl (C=O) groups is 2. The monoisotopic (exact) mass is 375 g/mol. The first kappa shape index (κ1) is 19.1. The summed E-state index contributed by atoms with van der Waals surface area (Å²) in [4.78, 5) is 28.2. The highest BCUT2D eigenvalue weighted by molar-refractivity contribution is 5.96. The standard InChI is InChI=1S/C22H21N3O3/c1-28-22(27)18-9-5-6-10-19(18)25-20-13-12-17(15-23-20)24-21(26)14-11-16-7-3-2-4-8-16/h2-10,12-13,15H,11,14H2,1H3,(H,23,25)(H,24,26). The summed E-state index contributed by atoms with van der Waals surface area (Å²) in [6.45, 7) is 0. The lowest BCUT2D eigenvalue weighted by atomic mass is 10.1. The van der Waals surface area contributed by atoms with Gasteiger partial charge >= 0.3 is 5.97 Å². The van der Waals surface area contributed by atoms with E-state index in [1.807, 2.05) is 36.4 Å². The fourth-order valence-electron chi connectivity index (χ4n) is 2.69. The molecule has 0 aliphatic rings. The third-order valence-electron chi connectivity index (χ3n) is 4.13. The van der Waals surface area contributed by atoms with Gasteiger partial charge in [-0.15, -0.1) is 0 Å². The molecule has 28 heavy (non-hydrogen) atoms. The van der Waals surface area contributed by atoms with Crippen molar-refractivity contribution in [3.63, 3.8) is 0 Å². The predicted molar refractivity (Wildman–Crippen MR) is 109 cm³/mol. The number of methoxy groups -OCH3 is 1. The van der Waals surface area contributed by atoms with Crippen molar-refractivity contribution in [1.82, 2.24) is 4.98 Å². The molecule has 0 unspecified atom stereocenters. The van der Waals surface area contributed by atoms with Gasteiger partial charge in [0.15, 0.2) is 0 Å². The van der Waals surface area contributed by atoms with E-state index in [-0.39, 0.29) is 5.91 Å². The molecule has 0 aliphatic carbocycles. The first-order valence-electron chi connectivity index (χ1n) is 8.90. The number of rotatable bonds is 7. The maximum absolute atomic E-state index is 12.1. The zero-order valence-corrected chi connectivity index (χ0v) is 15.5. The lowest BCUT2D eigenvalue weighted by Crippen LogP contribution is -2.12. The Morgan fingerprint density at radius 1 is 0.964 bits per heavy atom. The molecule has 1 amide bonds. The van der Waals surface area contributed by atoms with Crippen LogP contribution in [0, 0.1) is 0 Å². The van der Waals surface area contributed by atoms with Gasteiger partial charge in [-0.2, -0.15) is 0 Å². The van der Waals surface area contributed by atoms with Crippen LogP contribution < -0.4 is 10.6 Å². The van der Waals surface area contributed by atoms with Gasteiger partial charge in [0.05, 0.1) is 30.2 Å². The van der Waals surface area contributed by atoms with Crippen molar-refractivity contribution < 1.29 is 14.3 Å². The number of carbonyl (C=O) groups excluding carboxylic acids is 2. The molecule has 142 valence electrons. The third kappa shape index (κ3) is 5.17. The van der Waals surface area contributed by atoms with E-state index in [0.717, 1.165) is 5.56 Å². The maximum Gasteiger partial charge on any atom is 0.339 e. The molecule has 0 saturated carbocycles. The zero-order valence-electron chi connectivity index (χ0n) is 15.5. The number of para-hydroxylation sites is 1. The summed E-state index contributed by atoms with van der Waals surface area (Å²) in [5.74, 6) is 0.0615. The molecule has 6 heteroatoms. The Hall–Kier alpha value is -3.67. The molecule has 0 aliphatic heterocycles. The van der Waals surface area contributed by atoms with E-state index in [9.17, 15) is 9.59 Å². The van der Waals surface area contributed by atoms with Crippen molar-refractivity contribution in [2.75, 3.05) is 17.7 Å². The summed E-state index contributed by atoms with van der Waals surface area (Å²) in [7, 11) is 1.34. The van der Waals surface area contributed by atoms with Gasteiger partial charge in [-0.1, -0.05) is 42.5 Å². The third-order valence-corrected chi connectivity index (χ3v) is 4.13. The average molecular weight is 375 g/mol. The van der Waals surface area contributed by atoms with Crippen LogP contribution in [0.1, 0.15) is 22.3 Å². The summed E-state index contributed by atoms with van der Waals surface area (Å²) in [6.07, 6.45) is 2.66. The summed E-state index contributed by atoms with van der Waals surface area (Å²) in [5, 5.41) is 5.93. The van der Waals surface area contributed by atoms with E-state index in [1.54, 1.807) is 36.5 Å². The minimum Gasteiger partial charge on any atom is -0.465 e. The van der Waals surface area contributed by atoms with Crippen LogP contribution in [0.15, 0.2) is 72.9 Å². The zero-order chi connectivity index (χ0) is 19.8. The molecule has 0 saturated heterocycles. The van der Waals surface area contributed by atoms with E-state index in [0.29, 0.717) is 35.6 Å². The SMILES string of the molecule is COC(=O)c1ccccc1Nc1ccc(NC(=O)CCc2ccccc2)cn1. The quantitative estimate of drug-likeness (QED) is 0.606. The first-order chi connectivity index (χ1) is 13.7. The molecule has 2 aromatic carbocycles. The molecule has 0 radical (unpaired) electrons. The summed E-state index contributed by atoms with van der Waals surface area (Å²) >= 11 is 0. The molecule has 3 aromatic rings. The smallest absolute Gasteiger partial charge is 0.339 e. The van der Waals surface area contributed by atoms with Crippen molar-refractivity contribution in [2.45, 2.75) is 12.8 Å². The van der Waals surface area contributed by atoms with Crippen molar-refractivity contribution in [2.24, 2.45) is 0 Å².